The molecule has 13 heavy (non-hydrogen) atoms. The van der Waals surface area contributed by atoms with E-state index in [4.69, 9.17) is 5.11 Å². The number of rotatable bonds is 2. The first-order valence-electron chi connectivity index (χ1n) is 4.18. The van der Waals surface area contributed by atoms with Gasteiger partial charge >= 0.3 is 0 Å². The fourth-order valence-corrected chi connectivity index (χ4v) is 1.58. The molecule has 0 aromatic rings. The highest BCUT2D eigenvalue weighted by atomic mass is 16.6. The lowest BCUT2D eigenvalue weighted by atomic mass is 10.0. The van der Waals surface area contributed by atoms with Gasteiger partial charge in [0.25, 0.3) is 0 Å². The molecule has 0 amide bonds. The minimum absolute atomic E-state index is 0.0376. The van der Waals surface area contributed by atoms with E-state index in [0.29, 0.717) is 11.3 Å². The maximum atomic E-state index is 9.35. The van der Waals surface area contributed by atoms with Gasteiger partial charge in [0, 0.05) is 19.4 Å². The Balaban J connectivity index is 2.78. The summed E-state index contributed by atoms with van der Waals surface area (Å²) in [5.41, 5.74) is 0. The van der Waals surface area contributed by atoms with Crippen LogP contribution >= 0.6 is 0 Å². The quantitative estimate of drug-likeness (QED) is 0.317. The molecule has 1 aliphatic heterocycles. The molecule has 6 nitrogen and oxygen atoms in total. The summed E-state index contributed by atoms with van der Waals surface area (Å²) in [6.07, 6.45) is 0.383. The zero-order valence-corrected chi connectivity index (χ0v) is 7.22. The summed E-state index contributed by atoms with van der Waals surface area (Å²) in [4.78, 5) is 0.670. The number of aliphatic hydroxyl groups excluding tert-OH is 1. The minimum atomic E-state index is -2.25. The van der Waals surface area contributed by atoms with Crippen LogP contribution in [-0.4, -0.2) is 55.4 Å². The van der Waals surface area contributed by atoms with Crippen LogP contribution in [0.5, 0.6) is 0 Å². The Morgan fingerprint density at radius 1 is 1.00 bits per heavy atom. The minimum Gasteiger partial charge on any atom is -0.395 e. The lowest BCUT2D eigenvalue weighted by Gasteiger charge is -2.46. The molecule has 1 heterocycles. The highest BCUT2D eigenvalue weighted by molar-refractivity contribution is 4.81. The van der Waals surface area contributed by atoms with Crippen molar-refractivity contribution in [3.63, 3.8) is 0 Å². The van der Waals surface area contributed by atoms with E-state index in [2.05, 4.69) is 0 Å². The fourth-order valence-electron chi connectivity index (χ4n) is 1.58. The zero-order chi connectivity index (χ0) is 10.1. The third-order valence-corrected chi connectivity index (χ3v) is 2.21. The Morgan fingerprint density at radius 3 is 1.85 bits per heavy atom. The maximum absolute atomic E-state index is 9.35. The normalized spacial score (nSPS) is 27.5. The Kier molecular flexibility index (Phi) is 2.91. The van der Waals surface area contributed by atoms with E-state index in [1.807, 2.05) is 0 Å². The summed E-state index contributed by atoms with van der Waals surface area (Å²) < 4.78 is 0. The van der Waals surface area contributed by atoms with Crippen molar-refractivity contribution in [3.8, 4) is 0 Å². The summed E-state index contributed by atoms with van der Waals surface area (Å²) in [6, 6.07) is 0. The van der Waals surface area contributed by atoms with E-state index in [-0.39, 0.29) is 26.0 Å². The van der Waals surface area contributed by atoms with Crippen LogP contribution in [0, 0.1) is 0 Å². The highest BCUT2D eigenvalue weighted by Gasteiger charge is 2.48. The third kappa shape index (κ3) is 2.16. The molecule has 0 spiro atoms. The molecule has 0 bridgehead atoms. The second kappa shape index (κ2) is 3.49. The van der Waals surface area contributed by atoms with Crippen molar-refractivity contribution >= 4 is 0 Å². The lowest BCUT2D eigenvalue weighted by Crippen LogP contribution is -2.64. The summed E-state index contributed by atoms with van der Waals surface area (Å²) in [5, 5.41) is 46.0. The number of likely N-dealkylation sites (tertiary alicyclic amines) is 1. The Hall–Kier alpha value is -0.240. The molecule has 6 heteroatoms. The van der Waals surface area contributed by atoms with Crippen LogP contribution in [0.2, 0.25) is 0 Å². The molecular formula is C7H15NO5. The van der Waals surface area contributed by atoms with Crippen LogP contribution in [0.3, 0.4) is 0 Å². The first-order valence-corrected chi connectivity index (χ1v) is 4.18. The summed E-state index contributed by atoms with van der Waals surface area (Å²) in [5.74, 6) is -4.49. The molecule has 0 unspecified atom stereocenters. The number of β-amino-alcohol motifs (C(OH)–C–C–N with tert-alkyl or cyclic N) is 1. The van der Waals surface area contributed by atoms with Crippen LogP contribution in [0.4, 0.5) is 0 Å². The van der Waals surface area contributed by atoms with E-state index in [1.165, 1.54) is 0 Å². The number of aliphatic hydroxyl groups is 5. The SMILES string of the molecule is OCCN1C(O)(O)CCCC1(O)O. The molecule has 0 saturated carbocycles. The van der Waals surface area contributed by atoms with Gasteiger partial charge in [-0.15, -0.1) is 0 Å². The summed E-state index contributed by atoms with van der Waals surface area (Å²) >= 11 is 0. The van der Waals surface area contributed by atoms with Gasteiger partial charge in [0.05, 0.1) is 6.61 Å². The zero-order valence-electron chi connectivity index (χ0n) is 7.22. The summed E-state index contributed by atoms with van der Waals surface area (Å²) in [6.45, 7) is -0.564. The van der Waals surface area contributed by atoms with Crippen LogP contribution in [0.1, 0.15) is 19.3 Å². The summed E-state index contributed by atoms with van der Waals surface area (Å²) in [7, 11) is 0. The molecule has 1 aliphatic rings. The molecule has 1 saturated heterocycles. The van der Waals surface area contributed by atoms with Gasteiger partial charge in [0.15, 0.2) is 0 Å². The van der Waals surface area contributed by atoms with Gasteiger partial charge in [-0.05, 0) is 6.42 Å². The van der Waals surface area contributed by atoms with Crippen molar-refractivity contribution in [2.75, 3.05) is 13.2 Å². The van der Waals surface area contributed by atoms with Crippen molar-refractivity contribution in [2.45, 2.75) is 31.1 Å². The monoisotopic (exact) mass is 193 g/mol. The molecular weight excluding hydrogens is 178 g/mol. The van der Waals surface area contributed by atoms with Gasteiger partial charge in [-0.25, -0.2) is 0 Å². The van der Waals surface area contributed by atoms with Crippen molar-refractivity contribution in [1.82, 2.24) is 4.90 Å². The molecule has 0 atom stereocenters. The predicted octanol–water partition coefficient (Wildman–Crippen LogP) is -2.26. The highest BCUT2D eigenvalue weighted by Crippen LogP contribution is 2.31. The van der Waals surface area contributed by atoms with Crippen molar-refractivity contribution in [1.29, 1.82) is 0 Å². The van der Waals surface area contributed by atoms with Crippen LogP contribution in [0.25, 0.3) is 0 Å². The number of nitrogens with zero attached hydrogens (tertiary/aromatic N) is 1. The Bertz CT molecular complexity index is 166. The van der Waals surface area contributed by atoms with E-state index >= 15 is 0 Å². The largest absolute Gasteiger partial charge is 0.395 e. The molecule has 0 aromatic carbocycles. The van der Waals surface area contributed by atoms with Crippen molar-refractivity contribution in [3.05, 3.63) is 0 Å². The smallest absolute Gasteiger partial charge is 0.229 e. The Labute approximate surface area is 75.7 Å². The first-order chi connectivity index (χ1) is 5.90. The fraction of sp³-hybridized carbons (Fsp3) is 1.00. The molecule has 0 aromatic heterocycles. The van der Waals surface area contributed by atoms with Crippen molar-refractivity contribution < 1.29 is 25.5 Å². The van der Waals surface area contributed by atoms with E-state index in [9.17, 15) is 20.4 Å². The topological polar surface area (TPSA) is 104 Å². The lowest BCUT2D eigenvalue weighted by molar-refractivity contribution is -0.405. The molecule has 0 aliphatic carbocycles. The van der Waals surface area contributed by atoms with Crippen molar-refractivity contribution in [2.24, 2.45) is 0 Å². The second-order valence-electron chi connectivity index (χ2n) is 3.28. The first kappa shape index (κ1) is 10.8. The molecule has 1 rings (SSSR count). The molecule has 5 N–H and O–H groups in total. The van der Waals surface area contributed by atoms with Crippen LogP contribution < -0.4 is 0 Å². The van der Waals surface area contributed by atoms with E-state index in [0.717, 1.165) is 0 Å². The van der Waals surface area contributed by atoms with Gasteiger partial charge in [0.2, 0.25) is 11.8 Å². The van der Waals surface area contributed by atoms with Gasteiger partial charge in [-0.3, -0.25) is 0 Å². The maximum Gasteiger partial charge on any atom is 0.229 e. The van der Waals surface area contributed by atoms with Gasteiger partial charge in [-0.2, -0.15) is 4.90 Å². The van der Waals surface area contributed by atoms with Gasteiger partial charge in [0.1, 0.15) is 0 Å². The number of hydrogen-bond acceptors (Lipinski definition) is 6. The predicted molar refractivity (Wildman–Crippen MR) is 42.0 cm³/mol. The molecule has 1 fully saturated rings. The van der Waals surface area contributed by atoms with Crippen LogP contribution in [0.15, 0.2) is 0 Å². The standard InChI is InChI=1S/C7H15NO5/c9-5-4-8-6(10,11)2-1-3-7(8,12)13/h9-13H,1-5H2. The number of hydrogen-bond donors (Lipinski definition) is 5. The van der Waals surface area contributed by atoms with E-state index in [1.54, 1.807) is 0 Å². The molecule has 0 radical (unpaired) electrons. The van der Waals surface area contributed by atoms with E-state index < -0.39 is 11.8 Å². The third-order valence-electron chi connectivity index (χ3n) is 2.21. The van der Waals surface area contributed by atoms with Gasteiger partial charge in [-0.1, -0.05) is 0 Å². The average molecular weight is 193 g/mol. The average Bonchev–Trinajstić information content (AvgIpc) is 1.96. The second-order valence-corrected chi connectivity index (χ2v) is 3.28. The Morgan fingerprint density at radius 2 is 1.46 bits per heavy atom. The van der Waals surface area contributed by atoms with Crippen LogP contribution in [-0.2, 0) is 0 Å². The molecule has 78 valence electrons. The van der Waals surface area contributed by atoms with Gasteiger partial charge < -0.3 is 25.5 Å². The number of piperidine rings is 1.